The first-order chi connectivity index (χ1) is 9.37. The van der Waals surface area contributed by atoms with Crippen LogP contribution in [-0.4, -0.2) is 30.8 Å². The maximum Gasteiger partial charge on any atom is 0.407 e. The zero-order valence-corrected chi connectivity index (χ0v) is 13.7. The van der Waals surface area contributed by atoms with Gasteiger partial charge in [-0.25, -0.2) is 4.79 Å². The largest absolute Gasteiger partial charge is 0.444 e. The first-order valence-electron chi connectivity index (χ1n) is 6.81. The lowest BCUT2D eigenvalue weighted by Crippen LogP contribution is -2.42. The fourth-order valence-corrected chi connectivity index (χ4v) is 2.97. The maximum atomic E-state index is 11.9. The van der Waals surface area contributed by atoms with Crippen LogP contribution in [0.3, 0.4) is 0 Å². The summed E-state index contributed by atoms with van der Waals surface area (Å²) in [6.07, 6.45) is -0.358. The van der Waals surface area contributed by atoms with Crippen LogP contribution in [0.1, 0.15) is 32.3 Å². The molecule has 110 valence electrons. The minimum absolute atomic E-state index is 0.0450. The van der Waals surface area contributed by atoms with Gasteiger partial charge in [-0.05, 0) is 32.4 Å². The summed E-state index contributed by atoms with van der Waals surface area (Å²) in [5, 5.41) is 6.29. The Bertz CT molecular complexity index is 485. The Hall–Kier alpha value is -1.07. The van der Waals surface area contributed by atoms with Crippen LogP contribution in [0.2, 0.25) is 0 Å². The van der Waals surface area contributed by atoms with Gasteiger partial charge < -0.3 is 15.4 Å². The Labute approximate surface area is 128 Å². The smallest absolute Gasteiger partial charge is 0.407 e. The van der Waals surface area contributed by atoms with Gasteiger partial charge in [-0.3, -0.25) is 0 Å². The summed E-state index contributed by atoms with van der Waals surface area (Å²) in [5.74, 6) is 0.248. The van der Waals surface area contributed by atoms with E-state index in [-0.39, 0.29) is 18.1 Å². The molecule has 2 rings (SSSR count). The summed E-state index contributed by atoms with van der Waals surface area (Å²) in [4.78, 5) is 11.9. The van der Waals surface area contributed by atoms with Crippen molar-refractivity contribution in [3.8, 4) is 0 Å². The third kappa shape index (κ3) is 3.96. The van der Waals surface area contributed by atoms with Crippen molar-refractivity contribution >= 4 is 22.0 Å². The van der Waals surface area contributed by atoms with Crippen molar-refractivity contribution in [3.05, 3.63) is 34.3 Å². The maximum absolute atomic E-state index is 11.9. The number of carbonyl (C=O) groups excluding carboxylic acids is 1. The minimum Gasteiger partial charge on any atom is -0.444 e. The van der Waals surface area contributed by atoms with Gasteiger partial charge >= 0.3 is 6.09 Å². The van der Waals surface area contributed by atoms with Gasteiger partial charge in [-0.1, -0.05) is 34.1 Å². The van der Waals surface area contributed by atoms with Crippen molar-refractivity contribution in [3.63, 3.8) is 0 Å². The third-order valence-electron chi connectivity index (χ3n) is 3.22. The van der Waals surface area contributed by atoms with E-state index in [0.29, 0.717) is 0 Å². The monoisotopic (exact) mass is 340 g/mol. The van der Waals surface area contributed by atoms with Crippen LogP contribution in [-0.2, 0) is 4.74 Å². The number of amides is 1. The second kappa shape index (κ2) is 6.14. The molecule has 1 saturated heterocycles. The Morgan fingerprint density at radius 2 is 2.05 bits per heavy atom. The highest BCUT2D eigenvalue weighted by Crippen LogP contribution is 2.29. The Morgan fingerprint density at radius 1 is 1.35 bits per heavy atom. The first-order valence-corrected chi connectivity index (χ1v) is 7.61. The molecule has 0 aromatic heterocycles. The highest BCUT2D eigenvalue weighted by Gasteiger charge is 2.32. The zero-order valence-electron chi connectivity index (χ0n) is 12.1. The lowest BCUT2D eigenvalue weighted by atomic mass is 9.94. The molecule has 0 unspecified atom stereocenters. The molecule has 0 saturated carbocycles. The number of ether oxygens (including phenoxy) is 1. The molecule has 20 heavy (non-hydrogen) atoms. The third-order valence-corrected chi connectivity index (χ3v) is 3.94. The topological polar surface area (TPSA) is 50.4 Å². The molecule has 2 atom stereocenters. The molecule has 1 fully saturated rings. The van der Waals surface area contributed by atoms with Gasteiger partial charge in [-0.15, -0.1) is 0 Å². The number of nitrogens with one attached hydrogen (secondary N) is 2. The summed E-state index contributed by atoms with van der Waals surface area (Å²) in [5.41, 5.74) is 0.734. The summed E-state index contributed by atoms with van der Waals surface area (Å²) in [6.45, 7) is 7.20. The van der Waals surface area contributed by atoms with Gasteiger partial charge in [0.25, 0.3) is 0 Å². The molecule has 0 aliphatic carbocycles. The van der Waals surface area contributed by atoms with Crippen molar-refractivity contribution in [2.75, 3.05) is 13.1 Å². The average Bonchev–Trinajstić information content (AvgIpc) is 2.75. The number of alkyl carbamates (subject to hydrolysis) is 1. The molecule has 5 heteroatoms. The Kier molecular flexibility index (Phi) is 4.70. The summed E-state index contributed by atoms with van der Waals surface area (Å²) in [6, 6.07) is 8.17. The van der Waals surface area contributed by atoms with E-state index >= 15 is 0 Å². The number of benzene rings is 1. The SMILES string of the molecule is CC(C)(C)OC(=O)N[C@H]1CNC[C@H]1c1ccccc1Br. The normalized spacial score (nSPS) is 22.6. The zero-order chi connectivity index (χ0) is 14.8. The van der Waals surface area contributed by atoms with E-state index in [1.54, 1.807) is 0 Å². The van der Waals surface area contributed by atoms with E-state index in [4.69, 9.17) is 4.74 Å². The van der Waals surface area contributed by atoms with Gasteiger partial charge in [0.05, 0.1) is 6.04 Å². The van der Waals surface area contributed by atoms with Crippen LogP contribution in [0.4, 0.5) is 4.79 Å². The van der Waals surface area contributed by atoms with Crippen LogP contribution < -0.4 is 10.6 Å². The molecule has 0 spiro atoms. The lowest BCUT2D eigenvalue weighted by molar-refractivity contribution is 0.0504. The van der Waals surface area contributed by atoms with Crippen LogP contribution in [0.15, 0.2) is 28.7 Å². The van der Waals surface area contributed by atoms with E-state index in [1.807, 2.05) is 39.0 Å². The summed E-state index contributed by atoms with van der Waals surface area (Å²) >= 11 is 3.58. The second-order valence-corrected chi connectivity index (χ2v) is 6.89. The van der Waals surface area contributed by atoms with Crippen LogP contribution in [0.25, 0.3) is 0 Å². The van der Waals surface area contributed by atoms with E-state index in [0.717, 1.165) is 17.6 Å². The fourth-order valence-electron chi connectivity index (χ4n) is 2.39. The van der Waals surface area contributed by atoms with Crippen molar-refractivity contribution in [1.82, 2.24) is 10.6 Å². The molecule has 4 nitrogen and oxygen atoms in total. The minimum atomic E-state index is -0.473. The number of rotatable bonds is 2. The Balaban J connectivity index is 2.05. The number of halogens is 1. The molecule has 0 radical (unpaired) electrons. The van der Waals surface area contributed by atoms with Crippen LogP contribution in [0.5, 0.6) is 0 Å². The molecule has 0 bridgehead atoms. The standard InChI is InChI=1S/C15H21BrN2O2/c1-15(2,3)20-14(19)18-13-9-17-8-11(13)10-6-4-5-7-12(10)16/h4-7,11,13,17H,8-9H2,1-3H3,(H,18,19)/t11-,13-/m0/s1. The number of carbonyl (C=O) groups is 1. The fraction of sp³-hybridized carbons (Fsp3) is 0.533. The molecule has 1 aromatic rings. The van der Waals surface area contributed by atoms with E-state index in [9.17, 15) is 4.79 Å². The van der Waals surface area contributed by atoms with Crippen molar-refractivity contribution < 1.29 is 9.53 Å². The molecule has 1 aliphatic rings. The molecule has 1 amide bonds. The predicted octanol–water partition coefficient (Wildman–Crippen LogP) is 3.03. The molecule has 2 N–H and O–H groups in total. The van der Waals surface area contributed by atoms with Gasteiger partial charge in [0.1, 0.15) is 5.60 Å². The summed E-state index contributed by atoms with van der Waals surface area (Å²) in [7, 11) is 0. The Morgan fingerprint density at radius 3 is 2.70 bits per heavy atom. The van der Waals surface area contributed by atoms with E-state index in [1.165, 1.54) is 5.56 Å². The predicted molar refractivity (Wildman–Crippen MR) is 82.9 cm³/mol. The number of hydrogen-bond donors (Lipinski definition) is 2. The highest BCUT2D eigenvalue weighted by atomic mass is 79.9. The first kappa shape index (κ1) is 15.3. The van der Waals surface area contributed by atoms with Crippen molar-refractivity contribution in [1.29, 1.82) is 0 Å². The molecule has 1 aliphatic heterocycles. The van der Waals surface area contributed by atoms with Crippen molar-refractivity contribution in [2.24, 2.45) is 0 Å². The lowest BCUT2D eigenvalue weighted by Gasteiger charge is -2.24. The molecular formula is C15H21BrN2O2. The number of hydrogen-bond acceptors (Lipinski definition) is 3. The molecule has 1 heterocycles. The quantitative estimate of drug-likeness (QED) is 0.869. The van der Waals surface area contributed by atoms with Gasteiger partial charge in [-0.2, -0.15) is 0 Å². The average molecular weight is 341 g/mol. The molecule has 1 aromatic carbocycles. The van der Waals surface area contributed by atoms with Crippen molar-refractivity contribution in [2.45, 2.75) is 38.3 Å². The van der Waals surface area contributed by atoms with Gasteiger partial charge in [0.15, 0.2) is 0 Å². The van der Waals surface area contributed by atoms with Gasteiger partial charge in [0.2, 0.25) is 0 Å². The van der Waals surface area contributed by atoms with E-state index < -0.39 is 5.60 Å². The van der Waals surface area contributed by atoms with E-state index in [2.05, 4.69) is 32.6 Å². The van der Waals surface area contributed by atoms with Crippen LogP contribution in [0, 0.1) is 0 Å². The van der Waals surface area contributed by atoms with Crippen LogP contribution >= 0.6 is 15.9 Å². The molecular weight excluding hydrogens is 320 g/mol. The highest BCUT2D eigenvalue weighted by molar-refractivity contribution is 9.10. The summed E-state index contributed by atoms with van der Waals surface area (Å²) < 4.78 is 6.40. The second-order valence-electron chi connectivity index (χ2n) is 6.04. The van der Waals surface area contributed by atoms with Gasteiger partial charge in [0, 0.05) is 23.5 Å².